The third kappa shape index (κ3) is 4.41. The van der Waals surface area contributed by atoms with Crippen molar-refractivity contribution in [3.63, 3.8) is 0 Å². The van der Waals surface area contributed by atoms with E-state index in [4.69, 9.17) is 9.88 Å². The Hall–Kier alpha value is -1.60. The van der Waals surface area contributed by atoms with Gasteiger partial charge in [-0.2, -0.15) is 0 Å². The Labute approximate surface area is 99.8 Å². The van der Waals surface area contributed by atoms with Crippen LogP contribution in [0.15, 0.2) is 29.2 Å². The molecule has 0 unspecified atom stereocenters. The highest BCUT2D eigenvalue weighted by Crippen LogP contribution is 2.14. The van der Waals surface area contributed by atoms with Crippen LogP contribution in [0.1, 0.15) is 6.92 Å². The number of rotatable bonds is 5. The van der Waals surface area contributed by atoms with Crippen LogP contribution < -0.4 is 15.2 Å². The second-order valence-corrected chi connectivity index (χ2v) is 4.82. The van der Waals surface area contributed by atoms with Crippen LogP contribution in [-0.2, 0) is 14.8 Å². The van der Waals surface area contributed by atoms with Crippen molar-refractivity contribution in [1.29, 1.82) is 0 Å². The molecule has 0 fully saturated rings. The van der Waals surface area contributed by atoms with E-state index in [0.29, 0.717) is 12.3 Å². The van der Waals surface area contributed by atoms with Crippen LogP contribution in [0.3, 0.4) is 0 Å². The maximum absolute atomic E-state index is 11.1. The molecule has 1 aromatic rings. The lowest BCUT2D eigenvalue weighted by molar-refractivity contribution is -0.122. The maximum atomic E-state index is 11.1. The molecule has 94 valence electrons. The van der Waals surface area contributed by atoms with Gasteiger partial charge in [0.05, 0.1) is 4.90 Å². The van der Waals surface area contributed by atoms with E-state index in [2.05, 4.69) is 5.32 Å². The number of benzene rings is 1. The SMILES string of the molecule is CCNC(=O)COc1ccc(S(N)(=O)=O)cc1. The summed E-state index contributed by atoms with van der Waals surface area (Å²) >= 11 is 0. The Morgan fingerprint density at radius 2 is 1.94 bits per heavy atom. The molecule has 0 aliphatic rings. The Balaban J connectivity index is 2.60. The molecule has 6 nitrogen and oxygen atoms in total. The quantitative estimate of drug-likeness (QED) is 0.767. The van der Waals surface area contributed by atoms with Crippen LogP contribution in [0.25, 0.3) is 0 Å². The number of carbonyl (C=O) groups excluding carboxylic acids is 1. The summed E-state index contributed by atoms with van der Waals surface area (Å²) in [5.41, 5.74) is 0. The lowest BCUT2D eigenvalue weighted by Gasteiger charge is -2.06. The predicted octanol–water partition coefficient (Wildman–Crippen LogP) is -0.151. The van der Waals surface area contributed by atoms with E-state index in [1.807, 2.05) is 0 Å². The highest BCUT2D eigenvalue weighted by molar-refractivity contribution is 7.89. The lowest BCUT2D eigenvalue weighted by Crippen LogP contribution is -2.28. The number of nitrogens with two attached hydrogens (primary N) is 1. The molecule has 0 heterocycles. The van der Waals surface area contributed by atoms with E-state index >= 15 is 0 Å². The molecule has 17 heavy (non-hydrogen) atoms. The summed E-state index contributed by atoms with van der Waals surface area (Å²) in [6.45, 7) is 2.23. The van der Waals surface area contributed by atoms with E-state index in [9.17, 15) is 13.2 Å². The molecule has 3 N–H and O–H groups in total. The Morgan fingerprint density at radius 3 is 2.41 bits per heavy atom. The van der Waals surface area contributed by atoms with Gasteiger partial charge < -0.3 is 10.1 Å². The van der Waals surface area contributed by atoms with Gasteiger partial charge in [-0.15, -0.1) is 0 Å². The van der Waals surface area contributed by atoms with Crippen molar-refractivity contribution in [2.45, 2.75) is 11.8 Å². The van der Waals surface area contributed by atoms with Gasteiger partial charge in [0, 0.05) is 6.54 Å². The minimum Gasteiger partial charge on any atom is -0.484 e. The van der Waals surface area contributed by atoms with Crippen LogP contribution in [0.2, 0.25) is 0 Å². The van der Waals surface area contributed by atoms with E-state index in [-0.39, 0.29) is 17.4 Å². The smallest absolute Gasteiger partial charge is 0.257 e. The molecule has 0 atom stereocenters. The molecule has 7 heteroatoms. The fourth-order valence-electron chi connectivity index (χ4n) is 1.12. The van der Waals surface area contributed by atoms with Gasteiger partial charge in [-0.05, 0) is 31.2 Å². The average Bonchev–Trinajstić information content (AvgIpc) is 2.26. The number of hydrogen-bond acceptors (Lipinski definition) is 4. The maximum Gasteiger partial charge on any atom is 0.257 e. The van der Waals surface area contributed by atoms with E-state index < -0.39 is 10.0 Å². The molecule has 0 aliphatic heterocycles. The number of ether oxygens (including phenoxy) is 1. The van der Waals surface area contributed by atoms with Crippen molar-refractivity contribution in [2.75, 3.05) is 13.2 Å². The zero-order chi connectivity index (χ0) is 12.9. The Kier molecular flexibility index (Phi) is 4.47. The molecule has 0 aliphatic carbocycles. The number of hydrogen-bond donors (Lipinski definition) is 2. The number of likely N-dealkylation sites (N-methyl/N-ethyl adjacent to an activating group) is 1. The predicted molar refractivity (Wildman–Crippen MR) is 62.0 cm³/mol. The number of sulfonamides is 1. The van der Waals surface area contributed by atoms with Crippen molar-refractivity contribution < 1.29 is 17.9 Å². The van der Waals surface area contributed by atoms with Gasteiger partial charge in [0.1, 0.15) is 5.75 Å². The molecule has 0 aromatic heterocycles. The zero-order valence-electron chi connectivity index (χ0n) is 9.34. The summed E-state index contributed by atoms with van der Waals surface area (Å²) in [6, 6.07) is 5.53. The van der Waals surface area contributed by atoms with Crippen molar-refractivity contribution >= 4 is 15.9 Å². The largest absolute Gasteiger partial charge is 0.484 e. The van der Waals surface area contributed by atoms with E-state index in [0.717, 1.165) is 0 Å². The monoisotopic (exact) mass is 258 g/mol. The van der Waals surface area contributed by atoms with Gasteiger partial charge in [-0.1, -0.05) is 0 Å². The summed E-state index contributed by atoms with van der Waals surface area (Å²) in [7, 11) is -3.69. The van der Waals surface area contributed by atoms with Gasteiger partial charge in [-0.3, -0.25) is 4.79 Å². The third-order valence-corrected chi connectivity index (χ3v) is 2.83. The molecular weight excluding hydrogens is 244 g/mol. The van der Waals surface area contributed by atoms with Gasteiger partial charge in [0.25, 0.3) is 5.91 Å². The van der Waals surface area contributed by atoms with Gasteiger partial charge >= 0.3 is 0 Å². The van der Waals surface area contributed by atoms with Crippen LogP contribution in [0, 0.1) is 0 Å². The summed E-state index contributed by atoms with van der Waals surface area (Å²) in [5.74, 6) is 0.173. The van der Waals surface area contributed by atoms with Gasteiger partial charge in [0.2, 0.25) is 10.0 Å². The number of nitrogens with one attached hydrogen (secondary N) is 1. The van der Waals surface area contributed by atoms with Crippen molar-refractivity contribution in [2.24, 2.45) is 5.14 Å². The van der Waals surface area contributed by atoms with Crippen LogP contribution in [0.4, 0.5) is 0 Å². The normalized spacial score (nSPS) is 10.9. The van der Waals surface area contributed by atoms with E-state index in [1.165, 1.54) is 24.3 Å². The summed E-state index contributed by atoms with van der Waals surface area (Å²) in [5, 5.41) is 7.51. The molecule has 0 saturated heterocycles. The van der Waals surface area contributed by atoms with Crippen LogP contribution in [-0.4, -0.2) is 27.5 Å². The molecular formula is C10H14N2O4S. The minimum absolute atomic E-state index is 0.00265. The highest BCUT2D eigenvalue weighted by atomic mass is 32.2. The summed E-state index contributed by atoms with van der Waals surface area (Å²) in [6.07, 6.45) is 0. The number of carbonyl (C=O) groups is 1. The lowest BCUT2D eigenvalue weighted by atomic mass is 10.3. The van der Waals surface area contributed by atoms with Crippen molar-refractivity contribution in [3.05, 3.63) is 24.3 Å². The van der Waals surface area contributed by atoms with Crippen LogP contribution >= 0.6 is 0 Å². The van der Waals surface area contributed by atoms with Crippen LogP contribution in [0.5, 0.6) is 5.75 Å². The fourth-order valence-corrected chi connectivity index (χ4v) is 1.64. The fraction of sp³-hybridized carbons (Fsp3) is 0.300. The Morgan fingerprint density at radius 1 is 1.35 bits per heavy atom. The third-order valence-electron chi connectivity index (χ3n) is 1.90. The molecule has 1 amide bonds. The Bertz CT molecular complexity index is 482. The summed E-state index contributed by atoms with van der Waals surface area (Å²) < 4.78 is 27.1. The molecule has 1 rings (SSSR count). The second kappa shape index (κ2) is 5.65. The van der Waals surface area contributed by atoms with Gasteiger partial charge in [-0.25, -0.2) is 13.6 Å². The second-order valence-electron chi connectivity index (χ2n) is 3.26. The molecule has 0 saturated carbocycles. The first-order chi connectivity index (χ1) is 7.93. The first kappa shape index (κ1) is 13.5. The molecule has 0 bridgehead atoms. The first-order valence-electron chi connectivity index (χ1n) is 4.96. The number of amides is 1. The van der Waals surface area contributed by atoms with Crippen molar-refractivity contribution in [1.82, 2.24) is 5.32 Å². The van der Waals surface area contributed by atoms with E-state index in [1.54, 1.807) is 6.92 Å². The highest BCUT2D eigenvalue weighted by Gasteiger charge is 2.07. The average molecular weight is 258 g/mol. The number of primary sulfonamides is 1. The topological polar surface area (TPSA) is 98.5 Å². The zero-order valence-corrected chi connectivity index (χ0v) is 10.2. The standard InChI is InChI=1S/C10H14N2O4S/c1-2-12-10(13)7-16-8-3-5-9(6-4-8)17(11,14)15/h3-6H,2,7H2,1H3,(H,12,13)(H2,11,14,15). The first-order valence-corrected chi connectivity index (χ1v) is 6.50. The molecule has 0 radical (unpaired) electrons. The molecule has 0 spiro atoms. The summed E-state index contributed by atoms with van der Waals surface area (Å²) in [4.78, 5) is 11.1. The van der Waals surface area contributed by atoms with Gasteiger partial charge in [0.15, 0.2) is 6.61 Å². The minimum atomic E-state index is -3.69. The van der Waals surface area contributed by atoms with Crippen molar-refractivity contribution in [3.8, 4) is 5.75 Å². The molecule has 1 aromatic carbocycles.